The van der Waals surface area contributed by atoms with E-state index in [1.165, 1.54) is 5.56 Å². The van der Waals surface area contributed by atoms with Gasteiger partial charge >= 0.3 is 0 Å². The Morgan fingerprint density at radius 3 is 2.91 bits per heavy atom. The molecule has 1 N–H and O–H groups in total. The molecule has 0 aliphatic carbocycles. The van der Waals surface area contributed by atoms with Gasteiger partial charge in [-0.05, 0) is 43.5 Å². The van der Waals surface area contributed by atoms with Crippen molar-refractivity contribution in [3.05, 3.63) is 34.9 Å². The van der Waals surface area contributed by atoms with Gasteiger partial charge in [-0.25, -0.2) is 0 Å². The number of nitrogens with one attached hydrogen (secondary N) is 1. The number of rotatable bonds is 7. The minimum absolute atomic E-state index is 0.101. The van der Waals surface area contributed by atoms with E-state index in [0.29, 0.717) is 13.2 Å². The monoisotopic (exact) mass is 324 g/mol. The number of amides is 1. The standard InChI is InChI=1S/C17H25ClN2O2/c1-22-11-3-9-19-17(21)15-4-2-10-20(13-15)12-14-5-7-16(18)8-6-14/h5-8,15H,2-4,9-13H2,1H3,(H,19,21)/t15-/m1/s1. The van der Waals surface area contributed by atoms with Crippen LogP contribution in [0.3, 0.4) is 0 Å². The molecule has 0 bridgehead atoms. The summed E-state index contributed by atoms with van der Waals surface area (Å²) in [5.74, 6) is 0.278. The van der Waals surface area contributed by atoms with Crippen molar-refractivity contribution < 1.29 is 9.53 Å². The summed E-state index contributed by atoms with van der Waals surface area (Å²) in [4.78, 5) is 14.6. The number of carbonyl (C=O) groups excluding carboxylic acids is 1. The van der Waals surface area contributed by atoms with Gasteiger partial charge in [-0.1, -0.05) is 23.7 Å². The smallest absolute Gasteiger partial charge is 0.224 e. The van der Waals surface area contributed by atoms with Gasteiger partial charge in [-0.3, -0.25) is 9.69 Å². The number of benzene rings is 1. The maximum absolute atomic E-state index is 12.2. The van der Waals surface area contributed by atoms with Crippen molar-refractivity contribution in [2.75, 3.05) is 33.4 Å². The van der Waals surface area contributed by atoms with Gasteiger partial charge in [-0.2, -0.15) is 0 Å². The molecule has 1 aliphatic heterocycles. The molecule has 0 aromatic heterocycles. The molecule has 2 rings (SSSR count). The molecule has 1 aromatic rings. The number of methoxy groups -OCH3 is 1. The van der Waals surface area contributed by atoms with Crippen LogP contribution in [0.2, 0.25) is 5.02 Å². The molecule has 5 heteroatoms. The summed E-state index contributed by atoms with van der Waals surface area (Å²) in [7, 11) is 1.68. The molecule has 1 aliphatic rings. The van der Waals surface area contributed by atoms with Crippen molar-refractivity contribution in [1.29, 1.82) is 0 Å². The number of halogens is 1. The van der Waals surface area contributed by atoms with E-state index < -0.39 is 0 Å². The third-order valence-corrected chi connectivity index (χ3v) is 4.27. The average Bonchev–Trinajstić information content (AvgIpc) is 2.54. The summed E-state index contributed by atoms with van der Waals surface area (Å²) in [5.41, 5.74) is 1.24. The maximum Gasteiger partial charge on any atom is 0.224 e. The molecule has 0 spiro atoms. The molecule has 1 aromatic carbocycles. The largest absolute Gasteiger partial charge is 0.385 e. The number of carbonyl (C=O) groups is 1. The zero-order chi connectivity index (χ0) is 15.8. The van der Waals surface area contributed by atoms with Gasteiger partial charge in [0.1, 0.15) is 0 Å². The summed E-state index contributed by atoms with van der Waals surface area (Å²) in [6.45, 7) is 4.15. The van der Waals surface area contributed by atoms with E-state index in [1.54, 1.807) is 7.11 Å². The van der Waals surface area contributed by atoms with Gasteiger partial charge in [0.25, 0.3) is 0 Å². The first kappa shape index (κ1) is 17.3. The van der Waals surface area contributed by atoms with Crippen molar-refractivity contribution in [2.24, 2.45) is 5.92 Å². The number of likely N-dealkylation sites (tertiary alicyclic amines) is 1. The molecule has 1 amide bonds. The molecule has 1 saturated heterocycles. The van der Waals surface area contributed by atoms with Gasteiger partial charge in [-0.15, -0.1) is 0 Å². The molecule has 1 heterocycles. The predicted octanol–water partition coefficient (Wildman–Crippen LogP) is 2.70. The Labute approximate surface area is 137 Å². The van der Waals surface area contributed by atoms with Crippen LogP contribution in [-0.2, 0) is 16.1 Å². The van der Waals surface area contributed by atoms with Crippen molar-refractivity contribution in [3.63, 3.8) is 0 Å². The van der Waals surface area contributed by atoms with Crippen LogP contribution in [-0.4, -0.2) is 44.2 Å². The SMILES string of the molecule is COCCCNC(=O)[C@@H]1CCCN(Cc2ccc(Cl)cc2)C1. The summed E-state index contributed by atoms with van der Waals surface area (Å²) in [5, 5.41) is 3.78. The lowest BCUT2D eigenvalue weighted by Gasteiger charge is -2.32. The molecule has 122 valence electrons. The van der Waals surface area contributed by atoms with E-state index >= 15 is 0 Å². The quantitative estimate of drug-likeness (QED) is 0.784. The van der Waals surface area contributed by atoms with Crippen molar-refractivity contribution in [2.45, 2.75) is 25.8 Å². The fourth-order valence-corrected chi connectivity index (χ4v) is 2.96. The molecule has 0 saturated carbocycles. The first-order valence-corrected chi connectivity index (χ1v) is 8.30. The Balaban J connectivity index is 1.78. The van der Waals surface area contributed by atoms with Crippen molar-refractivity contribution in [1.82, 2.24) is 10.2 Å². The van der Waals surface area contributed by atoms with E-state index in [1.807, 2.05) is 12.1 Å². The van der Waals surface area contributed by atoms with Crippen LogP contribution in [0, 0.1) is 5.92 Å². The Hall–Kier alpha value is -1.10. The fourth-order valence-electron chi connectivity index (χ4n) is 2.83. The van der Waals surface area contributed by atoms with E-state index in [2.05, 4.69) is 22.3 Å². The Morgan fingerprint density at radius 2 is 2.18 bits per heavy atom. The second kappa shape index (κ2) is 9.13. The van der Waals surface area contributed by atoms with Gasteiger partial charge < -0.3 is 10.1 Å². The van der Waals surface area contributed by atoms with Crippen LogP contribution < -0.4 is 5.32 Å². The highest BCUT2D eigenvalue weighted by Gasteiger charge is 2.25. The molecule has 0 radical (unpaired) electrons. The highest BCUT2D eigenvalue weighted by Crippen LogP contribution is 2.19. The zero-order valence-corrected chi connectivity index (χ0v) is 13.9. The molecule has 4 nitrogen and oxygen atoms in total. The van der Waals surface area contributed by atoms with Crippen LogP contribution in [0.5, 0.6) is 0 Å². The minimum atomic E-state index is 0.101. The molecule has 1 fully saturated rings. The van der Waals surface area contributed by atoms with Crippen LogP contribution in [0.25, 0.3) is 0 Å². The molecular weight excluding hydrogens is 300 g/mol. The number of hydrogen-bond donors (Lipinski definition) is 1. The highest BCUT2D eigenvalue weighted by molar-refractivity contribution is 6.30. The minimum Gasteiger partial charge on any atom is -0.385 e. The van der Waals surface area contributed by atoms with Crippen LogP contribution in [0.15, 0.2) is 24.3 Å². The third-order valence-electron chi connectivity index (χ3n) is 4.02. The summed E-state index contributed by atoms with van der Waals surface area (Å²) >= 11 is 5.91. The topological polar surface area (TPSA) is 41.6 Å². The van der Waals surface area contributed by atoms with Gasteiger partial charge in [0.2, 0.25) is 5.91 Å². The molecular formula is C17H25ClN2O2. The Kier molecular flexibility index (Phi) is 7.16. The van der Waals surface area contributed by atoms with Crippen LogP contribution in [0.1, 0.15) is 24.8 Å². The van der Waals surface area contributed by atoms with Gasteiger partial charge in [0, 0.05) is 38.4 Å². The Bertz CT molecular complexity index is 464. The van der Waals surface area contributed by atoms with E-state index in [9.17, 15) is 4.79 Å². The first-order chi connectivity index (χ1) is 10.7. The summed E-state index contributed by atoms with van der Waals surface area (Å²) in [6, 6.07) is 7.94. The summed E-state index contributed by atoms with van der Waals surface area (Å²) < 4.78 is 4.99. The summed E-state index contributed by atoms with van der Waals surface area (Å²) in [6.07, 6.45) is 2.92. The van der Waals surface area contributed by atoms with Crippen molar-refractivity contribution >= 4 is 17.5 Å². The molecule has 22 heavy (non-hydrogen) atoms. The van der Waals surface area contributed by atoms with Gasteiger partial charge in [0.05, 0.1) is 5.92 Å². The lowest BCUT2D eigenvalue weighted by molar-refractivity contribution is -0.126. The van der Waals surface area contributed by atoms with Gasteiger partial charge in [0.15, 0.2) is 0 Å². The zero-order valence-electron chi connectivity index (χ0n) is 13.2. The predicted molar refractivity (Wildman–Crippen MR) is 89.0 cm³/mol. The first-order valence-electron chi connectivity index (χ1n) is 7.92. The number of piperidine rings is 1. The average molecular weight is 325 g/mol. The number of ether oxygens (including phenoxy) is 1. The van der Waals surface area contributed by atoms with E-state index in [-0.39, 0.29) is 11.8 Å². The highest BCUT2D eigenvalue weighted by atomic mass is 35.5. The molecule has 0 unspecified atom stereocenters. The lowest BCUT2D eigenvalue weighted by Crippen LogP contribution is -2.43. The van der Waals surface area contributed by atoms with Crippen LogP contribution in [0.4, 0.5) is 0 Å². The second-order valence-electron chi connectivity index (χ2n) is 5.84. The normalized spacial score (nSPS) is 19.1. The third kappa shape index (κ3) is 5.59. The van der Waals surface area contributed by atoms with Crippen molar-refractivity contribution in [3.8, 4) is 0 Å². The van der Waals surface area contributed by atoms with Crippen LogP contribution >= 0.6 is 11.6 Å². The molecule has 1 atom stereocenters. The second-order valence-corrected chi connectivity index (χ2v) is 6.27. The maximum atomic E-state index is 12.2. The van der Waals surface area contributed by atoms with E-state index in [0.717, 1.165) is 43.9 Å². The Morgan fingerprint density at radius 1 is 1.41 bits per heavy atom. The lowest BCUT2D eigenvalue weighted by atomic mass is 9.96. The van der Waals surface area contributed by atoms with E-state index in [4.69, 9.17) is 16.3 Å². The number of nitrogens with zero attached hydrogens (tertiary/aromatic N) is 1. The fraction of sp³-hybridized carbons (Fsp3) is 0.588. The number of hydrogen-bond acceptors (Lipinski definition) is 3.